The van der Waals surface area contributed by atoms with Crippen molar-refractivity contribution in [3.63, 3.8) is 0 Å². The van der Waals surface area contributed by atoms with Crippen molar-refractivity contribution in [3.8, 4) is 17.0 Å². The highest BCUT2D eigenvalue weighted by atomic mass is 16.7. The van der Waals surface area contributed by atoms with Crippen LogP contribution in [0.2, 0.25) is 0 Å². The molecule has 1 aliphatic rings. The van der Waals surface area contributed by atoms with Gasteiger partial charge in [0, 0.05) is 5.56 Å². The summed E-state index contributed by atoms with van der Waals surface area (Å²) in [6.07, 6.45) is 0. The molecule has 2 amide bonds. The number of hydrogen-bond acceptors (Lipinski definition) is 6. The van der Waals surface area contributed by atoms with Crippen molar-refractivity contribution in [1.82, 2.24) is 15.3 Å². The minimum atomic E-state index is -0.897. The fourth-order valence-corrected chi connectivity index (χ4v) is 2.74. The molecule has 8 heteroatoms. The molecule has 2 aromatic carbocycles. The number of H-pyrrole nitrogens is 1. The number of imide groups is 1. The molecule has 1 aromatic heterocycles. The second kappa shape index (κ2) is 6.41. The first-order valence-electron chi connectivity index (χ1n) is 7.98. The molecule has 0 bridgehead atoms. The fraction of sp³-hybridized carbons (Fsp3) is 0.0526. The summed E-state index contributed by atoms with van der Waals surface area (Å²) in [6.45, 7) is 0. The first-order valence-corrected chi connectivity index (χ1v) is 7.98. The van der Waals surface area contributed by atoms with E-state index in [4.69, 9.17) is 9.57 Å². The van der Waals surface area contributed by atoms with E-state index in [9.17, 15) is 14.4 Å². The summed E-state index contributed by atoms with van der Waals surface area (Å²) in [4.78, 5) is 41.9. The largest absolute Gasteiger partial charge is 0.497 e. The SMILES string of the molecule is COc1cccc(-c2cc(C(=O)ON3C(=O)c4ccccc4C3=O)[nH]n2)c1. The molecule has 0 saturated heterocycles. The lowest BCUT2D eigenvalue weighted by atomic mass is 10.1. The van der Waals surface area contributed by atoms with Crippen LogP contribution in [0.1, 0.15) is 31.2 Å². The Morgan fingerprint density at radius 3 is 2.37 bits per heavy atom. The topological polar surface area (TPSA) is 102 Å². The van der Waals surface area contributed by atoms with Gasteiger partial charge in [-0.15, -0.1) is 0 Å². The van der Waals surface area contributed by atoms with Crippen LogP contribution in [-0.2, 0) is 4.84 Å². The van der Waals surface area contributed by atoms with Gasteiger partial charge in [-0.3, -0.25) is 14.7 Å². The first-order chi connectivity index (χ1) is 13.1. The summed E-state index contributed by atoms with van der Waals surface area (Å²) in [5.41, 5.74) is 1.60. The molecule has 0 atom stereocenters. The van der Waals surface area contributed by atoms with Gasteiger partial charge >= 0.3 is 5.97 Å². The molecular weight excluding hydrogens is 350 g/mol. The van der Waals surface area contributed by atoms with Crippen molar-refractivity contribution in [2.75, 3.05) is 7.11 Å². The molecule has 27 heavy (non-hydrogen) atoms. The number of hydroxylamine groups is 2. The number of nitrogens with one attached hydrogen (secondary N) is 1. The number of aromatic nitrogens is 2. The number of hydrogen-bond donors (Lipinski definition) is 1. The Morgan fingerprint density at radius 1 is 1.00 bits per heavy atom. The molecule has 2 heterocycles. The Kier molecular flexibility index (Phi) is 3.92. The minimum Gasteiger partial charge on any atom is -0.497 e. The average Bonchev–Trinajstić information content (AvgIpc) is 3.29. The van der Waals surface area contributed by atoms with E-state index < -0.39 is 17.8 Å². The number of methoxy groups -OCH3 is 1. The Balaban J connectivity index is 1.54. The van der Waals surface area contributed by atoms with Crippen molar-refractivity contribution in [3.05, 3.63) is 71.4 Å². The second-order valence-corrected chi connectivity index (χ2v) is 5.73. The van der Waals surface area contributed by atoms with E-state index in [2.05, 4.69) is 10.2 Å². The molecule has 1 aliphatic heterocycles. The van der Waals surface area contributed by atoms with Gasteiger partial charge < -0.3 is 9.57 Å². The third-order valence-corrected chi connectivity index (χ3v) is 4.09. The highest BCUT2D eigenvalue weighted by Crippen LogP contribution is 2.25. The van der Waals surface area contributed by atoms with E-state index in [0.717, 1.165) is 5.56 Å². The van der Waals surface area contributed by atoms with Gasteiger partial charge in [-0.05, 0) is 30.3 Å². The molecule has 0 fully saturated rings. The molecule has 1 N–H and O–H groups in total. The maximum atomic E-state index is 12.3. The Bertz CT molecular complexity index is 1040. The van der Waals surface area contributed by atoms with Crippen molar-refractivity contribution in [2.45, 2.75) is 0 Å². The molecule has 0 spiro atoms. The monoisotopic (exact) mass is 363 g/mol. The van der Waals surface area contributed by atoms with Gasteiger partial charge in [0.2, 0.25) is 0 Å². The van der Waals surface area contributed by atoms with Crippen molar-refractivity contribution in [1.29, 1.82) is 0 Å². The predicted octanol–water partition coefficient (Wildman–Crippen LogP) is 2.45. The molecule has 134 valence electrons. The summed E-state index contributed by atoms with van der Waals surface area (Å²) in [7, 11) is 1.55. The Hall–Kier alpha value is -3.94. The number of carbonyl (C=O) groups is 3. The van der Waals surface area contributed by atoms with Gasteiger partial charge in [-0.25, -0.2) is 4.79 Å². The van der Waals surface area contributed by atoms with Crippen molar-refractivity contribution < 1.29 is 24.0 Å². The second-order valence-electron chi connectivity index (χ2n) is 5.73. The number of carbonyl (C=O) groups excluding carboxylic acids is 3. The normalized spacial score (nSPS) is 12.9. The molecule has 0 aliphatic carbocycles. The lowest BCUT2D eigenvalue weighted by Crippen LogP contribution is -2.32. The van der Waals surface area contributed by atoms with Crippen LogP contribution >= 0.6 is 0 Å². The third-order valence-electron chi connectivity index (χ3n) is 4.09. The van der Waals surface area contributed by atoms with Gasteiger partial charge in [0.25, 0.3) is 11.8 Å². The number of amides is 2. The number of aromatic amines is 1. The molecular formula is C19H13N3O5. The zero-order valence-electron chi connectivity index (χ0n) is 14.1. The molecule has 0 unspecified atom stereocenters. The maximum Gasteiger partial charge on any atom is 0.381 e. The molecule has 4 rings (SSSR count). The Morgan fingerprint density at radius 2 is 1.70 bits per heavy atom. The molecule has 8 nitrogen and oxygen atoms in total. The van der Waals surface area contributed by atoms with Crippen LogP contribution in [0.25, 0.3) is 11.3 Å². The van der Waals surface area contributed by atoms with Crippen molar-refractivity contribution >= 4 is 17.8 Å². The molecule has 3 aromatic rings. The predicted molar refractivity (Wildman–Crippen MR) is 92.9 cm³/mol. The summed E-state index contributed by atoms with van der Waals surface area (Å²) in [5.74, 6) is -1.62. The fourth-order valence-electron chi connectivity index (χ4n) is 2.74. The van der Waals surface area contributed by atoms with Gasteiger partial charge in [0.05, 0.1) is 23.9 Å². The van der Waals surface area contributed by atoms with Crippen molar-refractivity contribution in [2.24, 2.45) is 0 Å². The smallest absolute Gasteiger partial charge is 0.381 e. The number of nitrogens with zero attached hydrogens (tertiary/aromatic N) is 2. The number of rotatable bonds is 4. The lowest BCUT2D eigenvalue weighted by Gasteiger charge is -2.11. The number of ether oxygens (including phenoxy) is 1. The van der Waals surface area contributed by atoms with Crippen LogP contribution in [0.5, 0.6) is 5.75 Å². The van der Waals surface area contributed by atoms with Crippen LogP contribution < -0.4 is 4.74 Å². The lowest BCUT2D eigenvalue weighted by molar-refractivity contribution is -0.0588. The summed E-state index contributed by atoms with van der Waals surface area (Å²) < 4.78 is 5.16. The summed E-state index contributed by atoms with van der Waals surface area (Å²) in [6, 6.07) is 14.9. The first kappa shape index (κ1) is 16.5. The van der Waals surface area contributed by atoms with E-state index in [1.54, 1.807) is 43.5 Å². The number of fused-ring (bicyclic) bond motifs is 1. The Labute approximate surface area is 153 Å². The van der Waals surface area contributed by atoms with E-state index in [1.807, 2.05) is 0 Å². The van der Waals surface area contributed by atoms with Crippen LogP contribution in [-0.4, -0.2) is 40.2 Å². The van der Waals surface area contributed by atoms with E-state index in [1.165, 1.54) is 18.2 Å². The summed E-state index contributed by atoms with van der Waals surface area (Å²) >= 11 is 0. The quantitative estimate of drug-likeness (QED) is 0.715. The molecule has 0 saturated carbocycles. The van der Waals surface area contributed by atoms with E-state index in [0.29, 0.717) is 16.5 Å². The van der Waals surface area contributed by atoms with Crippen LogP contribution in [0.4, 0.5) is 0 Å². The zero-order valence-corrected chi connectivity index (χ0v) is 14.1. The average molecular weight is 363 g/mol. The highest BCUT2D eigenvalue weighted by molar-refractivity contribution is 6.21. The molecule has 0 radical (unpaired) electrons. The van der Waals surface area contributed by atoms with Gasteiger partial charge in [-0.2, -0.15) is 5.10 Å². The van der Waals surface area contributed by atoms with Crippen LogP contribution in [0.15, 0.2) is 54.6 Å². The van der Waals surface area contributed by atoms with E-state index in [-0.39, 0.29) is 16.8 Å². The maximum absolute atomic E-state index is 12.3. The van der Waals surface area contributed by atoms with Gasteiger partial charge in [-0.1, -0.05) is 29.3 Å². The number of benzene rings is 2. The van der Waals surface area contributed by atoms with E-state index >= 15 is 0 Å². The summed E-state index contributed by atoms with van der Waals surface area (Å²) in [5, 5.41) is 7.07. The standard InChI is InChI=1S/C19H13N3O5/c1-26-12-6-4-5-11(9-12)15-10-16(21-20-15)19(25)27-22-17(23)13-7-2-3-8-14(13)18(22)24/h2-10H,1H3,(H,20,21). The minimum absolute atomic E-state index is 0.00405. The van der Waals surface area contributed by atoms with Gasteiger partial charge in [0.15, 0.2) is 0 Å². The zero-order chi connectivity index (χ0) is 19.0. The third kappa shape index (κ3) is 2.82. The van der Waals surface area contributed by atoms with Crippen LogP contribution in [0, 0.1) is 0 Å². The highest BCUT2D eigenvalue weighted by Gasteiger charge is 2.39. The van der Waals surface area contributed by atoms with Crippen LogP contribution in [0.3, 0.4) is 0 Å². The van der Waals surface area contributed by atoms with Gasteiger partial charge in [0.1, 0.15) is 11.4 Å².